The second-order valence-electron chi connectivity index (χ2n) is 4.23. The number of anilines is 1. The monoisotopic (exact) mass is 271 g/mol. The molecule has 0 aliphatic carbocycles. The van der Waals surface area contributed by atoms with Crippen molar-refractivity contribution in [2.45, 2.75) is 20.2 Å². The van der Waals surface area contributed by atoms with Crippen LogP contribution in [0.2, 0.25) is 0 Å². The van der Waals surface area contributed by atoms with Gasteiger partial charge in [0.25, 0.3) is 0 Å². The van der Waals surface area contributed by atoms with Gasteiger partial charge in [-0.2, -0.15) is 0 Å². The molecule has 0 saturated heterocycles. The van der Waals surface area contributed by atoms with Crippen molar-refractivity contribution < 1.29 is 17.9 Å². The summed E-state index contributed by atoms with van der Waals surface area (Å²) in [4.78, 5) is 1.85. The summed E-state index contributed by atoms with van der Waals surface area (Å²) in [5.41, 5.74) is 2.61. The van der Waals surface area contributed by atoms with E-state index in [1.165, 1.54) is 12.1 Å². The molecular formula is C14H16F3NO. The molecule has 0 fully saturated rings. The van der Waals surface area contributed by atoms with Crippen molar-refractivity contribution in [3.05, 3.63) is 48.2 Å². The van der Waals surface area contributed by atoms with E-state index >= 15 is 0 Å². The fourth-order valence-electron chi connectivity index (χ4n) is 1.53. The minimum atomic E-state index is -4.66. The number of rotatable bonds is 4. The van der Waals surface area contributed by atoms with Crippen molar-refractivity contribution in [3.8, 4) is 5.75 Å². The molecule has 0 spiro atoms. The molecule has 0 amide bonds. The molecule has 0 aromatic heterocycles. The molecule has 104 valence electrons. The van der Waals surface area contributed by atoms with Gasteiger partial charge in [0.15, 0.2) is 0 Å². The number of hydrogen-bond acceptors (Lipinski definition) is 2. The Kier molecular flexibility index (Phi) is 4.64. The van der Waals surface area contributed by atoms with Gasteiger partial charge in [-0.3, -0.25) is 0 Å². The van der Waals surface area contributed by atoms with Crippen LogP contribution in [0, 0.1) is 0 Å². The highest BCUT2D eigenvalue weighted by molar-refractivity contribution is 5.53. The van der Waals surface area contributed by atoms with E-state index in [1.807, 2.05) is 31.9 Å². The summed E-state index contributed by atoms with van der Waals surface area (Å²) in [5.74, 6) is -0.230. The van der Waals surface area contributed by atoms with Crippen molar-refractivity contribution in [2.75, 3.05) is 11.9 Å². The van der Waals surface area contributed by atoms with Crippen molar-refractivity contribution in [2.24, 2.45) is 0 Å². The van der Waals surface area contributed by atoms with Crippen LogP contribution < -0.4 is 9.64 Å². The lowest BCUT2D eigenvalue weighted by atomic mass is 10.2. The van der Waals surface area contributed by atoms with Crippen LogP contribution in [0.5, 0.6) is 5.75 Å². The minimum absolute atomic E-state index is 0.230. The summed E-state index contributed by atoms with van der Waals surface area (Å²) in [6.45, 7) is 7.55. The van der Waals surface area contributed by atoms with Gasteiger partial charge in [-0.1, -0.05) is 12.2 Å². The smallest absolute Gasteiger partial charge is 0.406 e. The number of ether oxygens (including phenoxy) is 1. The van der Waals surface area contributed by atoms with Crippen LogP contribution in [-0.2, 0) is 0 Å². The Morgan fingerprint density at radius 3 is 2.16 bits per heavy atom. The number of benzene rings is 1. The molecule has 2 nitrogen and oxygen atoms in total. The predicted molar refractivity (Wildman–Crippen MR) is 70.1 cm³/mol. The molecule has 1 aromatic rings. The maximum absolute atomic E-state index is 12.0. The van der Waals surface area contributed by atoms with Crippen LogP contribution >= 0.6 is 0 Å². The van der Waals surface area contributed by atoms with Crippen LogP contribution in [0.3, 0.4) is 0 Å². The first kappa shape index (κ1) is 15.1. The van der Waals surface area contributed by atoms with Crippen LogP contribution in [0.15, 0.2) is 48.2 Å². The highest BCUT2D eigenvalue weighted by Gasteiger charge is 2.30. The first-order valence-corrected chi connectivity index (χ1v) is 5.62. The summed E-state index contributed by atoms with van der Waals surface area (Å²) in [5, 5.41) is 0. The van der Waals surface area contributed by atoms with Crippen molar-refractivity contribution in [1.29, 1.82) is 0 Å². The predicted octanol–water partition coefficient (Wildman–Crippen LogP) is 4.50. The molecule has 0 aliphatic heterocycles. The largest absolute Gasteiger partial charge is 0.573 e. The number of nitrogens with zero attached hydrogens (tertiary/aromatic N) is 1. The summed E-state index contributed by atoms with van der Waals surface area (Å²) in [6.07, 6.45) is -2.77. The highest BCUT2D eigenvalue weighted by atomic mass is 19.4. The zero-order valence-electron chi connectivity index (χ0n) is 11.1. The molecule has 1 rings (SSSR count). The van der Waals surface area contributed by atoms with E-state index in [2.05, 4.69) is 11.3 Å². The van der Waals surface area contributed by atoms with Crippen molar-refractivity contribution >= 4 is 5.69 Å². The molecule has 5 heteroatoms. The summed E-state index contributed by atoms with van der Waals surface area (Å²) < 4.78 is 39.9. The molecule has 0 saturated carbocycles. The Balaban J connectivity index is 2.84. The van der Waals surface area contributed by atoms with E-state index in [0.717, 1.165) is 17.0 Å². The maximum Gasteiger partial charge on any atom is 0.573 e. The molecule has 19 heavy (non-hydrogen) atoms. The fourth-order valence-corrected chi connectivity index (χ4v) is 1.53. The molecule has 0 radical (unpaired) electrons. The number of hydrogen-bond donors (Lipinski definition) is 0. The molecule has 1 aromatic carbocycles. The number of allylic oxidation sites excluding steroid dienone is 3. The Morgan fingerprint density at radius 2 is 1.74 bits per heavy atom. The SMILES string of the molecule is C=C(C)/C=C(/C)N(C)c1ccc(OC(F)(F)F)cc1. The minimum Gasteiger partial charge on any atom is -0.406 e. The van der Waals surface area contributed by atoms with Gasteiger partial charge in [-0.05, 0) is 44.2 Å². The van der Waals surface area contributed by atoms with Gasteiger partial charge in [-0.15, -0.1) is 13.2 Å². The van der Waals surface area contributed by atoms with E-state index in [-0.39, 0.29) is 5.75 Å². The Morgan fingerprint density at radius 1 is 1.21 bits per heavy atom. The van der Waals surface area contributed by atoms with Gasteiger partial charge in [0.2, 0.25) is 0 Å². The van der Waals surface area contributed by atoms with Crippen molar-refractivity contribution in [1.82, 2.24) is 0 Å². The normalized spacial score (nSPS) is 12.2. The molecule has 0 unspecified atom stereocenters. The number of halogens is 3. The highest BCUT2D eigenvalue weighted by Crippen LogP contribution is 2.26. The second kappa shape index (κ2) is 5.82. The molecular weight excluding hydrogens is 255 g/mol. The van der Waals surface area contributed by atoms with E-state index in [4.69, 9.17) is 0 Å². The lowest BCUT2D eigenvalue weighted by molar-refractivity contribution is -0.274. The Labute approximate surface area is 110 Å². The summed E-state index contributed by atoms with van der Waals surface area (Å²) in [6, 6.07) is 5.70. The lowest BCUT2D eigenvalue weighted by Crippen LogP contribution is -2.17. The topological polar surface area (TPSA) is 12.5 Å². The van der Waals surface area contributed by atoms with Crippen LogP contribution in [0.1, 0.15) is 13.8 Å². The first-order valence-electron chi connectivity index (χ1n) is 5.62. The number of alkyl halides is 3. The van der Waals surface area contributed by atoms with Crippen molar-refractivity contribution in [3.63, 3.8) is 0 Å². The van der Waals surface area contributed by atoms with Gasteiger partial charge < -0.3 is 9.64 Å². The Bertz CT molecular complexity index is 474. The van der Waals surface area contributed by atoms with E-state index < -0.39 is 6.36 Å². The molecule has 0 N–H and O–H groups in total. The average molecular weight is 271 g/mol. The van der Waals surface area contributed by atoms with Crippen LogP contribution in [-0.4, -0.2) is 13.4 Å². The third-order valence-corrected chi connectivity index (χ3v) is 2.44. The van der Waals surface area contributed by atoms with Gasteiger partial charge in [0.05, 0.1) is 0 Å². The third-order valence-electron chi connectivity index (χ3n) is 2.44. The Hall–Kier alpha value is -1.91. The third kappa shape index (κ3) is 5.07. The fraction of sp³-hybridized carbons (Fsp3) is 0.286. The van der Waals surface area contributed by atoms with E-state index in [9.17, 15) is 13.2 Å². The molecule has 0 heterocycles. The van der Waals surface area contributed by atoms with Gasteiger partial charge >= 0.3 is 6.36 Å². The zero-order chi connectivity index (χ0) is 14.6. The van der Waals surface area contributed by atoms with E-state index in [1.54, 1.807) is 12.1 Å². The van der Waals surface area contributed by atoms with Gasteiger partial charge in [-0.25, -0.2) is 0 Å². The standard InChI is InChI=1S/C14H16F3NO/c1-10(2)9-11(3)18(4)12-5-7-13(8-6-12)19-14(15,16)17/h5-9H,1H2,2-4H3/b11-9-. The average Bonchev–Trinajstić information content (AvgIpc) is 2.26. The second-order valence-corrected chi connectivity index (χ2v) is 4.23. The summed E-state index contributed by atoms with van der Waals surface area (Å²) in [7, 11) is 1.83. The quantitative estimate of drug-likeness (QED) is 0.747. The lowest BCUT2D eigenvalue weighted by Gasteiger charge is -2.20. The molecule has 0 bridgehead atoms. The van der Waals surface area contributed by atoms with Gasteiger partial charge in [0.1, 0.15) is 5.75 Å². The molecule has 0 aliphatic rings. The first-order chi connectivity index (χ1) is 8.69. The van der Waals surface area contributed by atoms with Crippen LogP contribution in [0.25, 0.3) is 0 Å². The van der Waals surface area contributed by atoms with E-state index in [0.29, 0.717) is 0 Å². The van der Waals surface area contributed by atoms with Gasteiger partial charge in [0, 0.05) is 18.4 Å². The molecule has 0 atom stereocenters. The van der Waals surface area contributed by atoms with Crippen LogP contribution in [0.4, 0.5) is 18.9 Å². The zero-order valence-corrected chi connectivity index (χ0v) is 11.1. The summed E-state index contributed by atoms with van der Waals surface area (Å²) >= 11 is 0. The maximum atomic E-state index is 12.0.